The van der Waals surface area contributed by atoms with Crippen LogP contribution >= 0.6 is 0 Å². The van der Waals surface area contributed by atoms with Crippen molar-refractivity contribution in [2.45, 2.75) is 18.7 Å². The zero-order valence-corrected chi connectivity index (χ0v) is 16.0. The van der Waals surface area contributed by atoms with Crippen molar-refractivity contribution < 1.29 is 22.7 Å². The van der Waals surface area contributed by atoms with Gasteiger partial charge in [0, 0.05) is 31.7 Å². The molecule has 6 nitrogen and oxygen atoms in total. The third kappa shape index (κ3) is 3.81. The molecule has 0 spiro atoms. The van der Waals surface area contributed by atoms with Gasteiger partial charge in [0.2, 0.25) is 10.0 Å². The van der Waals surface area contributed by atoms with Gasteiger partial charge in [0.25, 0.3) is 5.91 Å². The van der Waals surface area contributed by atoms with Gasteiger partial charge in [-0.3, -0.25) is 4.79 Å². The van der Waals surface area contributed by atoms with Gasteiger partial charge in [0.05, 0.1) is 0 Å². The highest BCUT2D eigenvalue weighted by Crippen LogP contribution is 2.27. The summed E-state index contributed by atoms with van der Waals surface area (Å²) in [6, 6.07) is 8.60. The minimum Gasteiger partial charge on any atom is -0.507 e. The van der Waals surface area contributed by atoms with Crippen molar-refractivity contribution in [2.24, 2.45) is 0 Å². The Morgan fingerprint density at radius 1 is 1.04 bits per heavy atom. The van der Waals surface area contributed by atoms with Crippen LogP contribution in [0.3, 0.4) is 0 Å². The van der Waals surface area contributed by atoms with E-state index in [1.807, 2.05) is 0 Å². The van der Waals surface area contributed by atoms with Gasteiger partial charge in [-0.15, -0.1) is 0 Å². The van der Waals surface area contributed by atoms with Gasteiger partial charge in [-0.25, -0.2) is 12.8 Å². The molecule has 1 aliphatic rings. The van der Waals surface area contributed by atoms with Crippen LogP contribution in [-0.2, 0) is 10.0 Å². The van der Waals surface area contributed by atoms with E-state index < -0.39 is 10.0 Å². The molecule has 0 bridgehead atoms. The molecule has 144 valence electrons. The topological polar surface area (TPSA) is 77.9 Å². The zero-order valence-electron chi connectivity index (χ0n) is 15.1. The second kappa shape index (κ2) is 7.28. The first-order chi connectivity index (χ1) is 12.7. The average Bonchev–Trinajstić information content (AvgIpc) is 2.65. The van der Waals surface area contributed by atoms with Gasteiger partial charge in [0.15, 0.2) is 0 Å². The highest BCUT2D eigenvalue weighted by molar-refractivity contribution is 7.89. The van der Waals surface area contributed by atoms with E-state index in [1.165, 1.54) is 34.6 Å². The molecule has 0 saturated carbocycles. The van der Waals surface area contributed by atoms with Crippen LogP contribution in [-0.4, -0.2) is 54.8 Å². The highest BCUT2D eigenvalue weighted by Gasteiger charge is 2.32. The molecular formula is C19H21FN2O4S. The van der Waals surface area contributed by atoms with E-state index in [9.17, 15) is 22.7 Å². The molecule has 1 heterocycles. The first-order valence-corrected chi connectivity index (χ1v) is 9.99. The van der Waals surface area contributed by atoms with E-state index in [-0.39, 0.29) is 48.5 Å². The van der Waals surface area contributed by atoms with Gasteiger partial charge >= 0.3 is 0 Å². The largest absolute Gasteiger partial charge is 0.507 e. The highest BCUT2D eigenvalue weighted by atomic mass is 32.2. The predicted octanol–water partition coefficient (Wildman–Crippen LogP) is 2.29. The number of phenolic OH excluding ortho intramolecular Hbond substituents is 1. The fraction of sp³-hybridized carbons (Fsp3) is 0.316. The number of aromatic hydroxyl groups is 1. The number of nitrogens with zero attached hydrogens (tertiary/aromatic N) is 2. The number of hydrogen-bond donors (Lipinski definition) is 1. The summed E-state index contributed by atoms with van der Waals surface area (Å²) < 4.78 is 40.3. The summed E-state index contributed by atoms with van der Waals surface area (Å²) in [6.07, 6.45) is 0. The minimum absolute atomic E-state index is 0.127. The van der Waals surface area contributed by atoms with Crippen molar-refractivity contribution >= 4 is 15.9 Å². The molecule has 0 aliphatic carbocycles. The van der Waals surface area contributed by atoms with E-state index in [0.29, 0.717) is 11.1 Å². The lowest BCUT2D eigenvalue weighted by atomic mass is 10.1. The van der Waals surface area contributed by atoms with Gasteiger partial charge < -0.3 is 10.0 Å². The van der Waals surface area contributed by atoms with Crippen LogP contribution < -0.4 is 0 Å². The van der Waals surface area contributed by atoms with Crippen LogP contribution in [0.25, 0.3) is 0 Å². The third-order valence-corrected chi connectivity index (χ3v) is 6.59. The van der Waals surface area contributed by atoms with Crippen molar-refractivity contribution in [3.63, 3.8) is 0 Å². The summed E-state index contributed by atoms with van der Waals surface area (Å²) in [6.45, 7) is 4.04. The summed E-state index contributed by atoms with van der Waals surface area (Å²) in [7, 11) is -3.85. The Balaban J connectivity index is 1.73. The van der Waals surface area contributed by atoms with Crippen LogP contribution in [0.15, 0.2) is 41.3 Å². The molecule has 1 amide bonds. The van der Waals surface area contributed by atoms with Crippen molar-refractivity contribution in [3.8, 4) is 5.75 Å². The zero-order chi connectivity index (χ0) is 19.8. The minimum atomic E-state index is -3.85. The van der Waals surface area contributed by atoms with Crippen molar-refractivity contribution in [2.75, 3.05) is 26.2 Å². The van der Waals surface area contributed by atoms with Crippen molar-refractivity contribution in [1.82, 2.24) is 9.21 Å². The van der Waals surface area contributed by atoms with Crippen molar-refractivity contribution in [1.29, 1.82) is 0 Å². The van der Waals surface area contributed by atoms with E-state index in [1.54, 1.807) is 24.8 Å². The van der Waals surface area contributed by atoms with Gasteiger partial charge in [-0.2, -0.15) is 4.31 Å². The molecule has 1 aliphatic heterocycles. The molecule has 1 N–H and O–H groups in total. The number of carbonyl (C=O) groups excluding carboxylic acids is 1. The number of rotatable bonds is 3. The average molecular weight is 392 g/mol. The molecule has 1 saturated heterocycles. The van der Waals surface area contributed by atoms with E-state index in [2.05, 4.69) is 0 Å². The van der Waals surface area contributed by atoms with E-state index in [4.69, 9.17) is 0 Å². The maximum absolute atomic E-state index is 13.4. The number of sulfonamides is 1. The Labute approximate surface area is 157 Å². The molecule has 0 aromatic heterocycles. The maximum atomic E-state index is 13.4. The maximum Gasteiger partial charge on any atom is 0.253 e. The number of piperazine rings is 1. The standard InChI is InChI=1S/C19H21FN2O4S/c1-13-3-6-17(23)18(11-13)27(25,26)22-9-7-21(8-10-22)19(24)15-4-5-16(20)14(2)12-15/h3-6,11-12,23H,7-10H2,1-2H3. The number of aryl methyl sites for hydroxylation is 2. The van der Waals surface area contributed by atoms with Crippen molar-refractivity contribution in [3.05, 3.63) is 58.9 Å². The Hall–Kier alpha value is -2.45. The predicted molar refractivity (Wildman–Crippen MR) is 98.6 cm³/mol. The fourth-order valence-corrected chi connectivity index (χ4v) is 4.65. The van der Waals surface area contributed by atoms with Crippen LogP contribution in [0.2, 0.25) is 0 Å². The third-order valence-electron chi connectivity index (χ3n) is 4.66. The second-order valence-electron chi connectivity index (χ2n) is 6.63. The number of halogens is 1. The lowest BCUT2D eigenvalue weighted by Crippen LogP contribution is -2.50. The molecule has 0 unspecified atom stereocenters. The quantitative estimate of drug-likeness (QED) is 0.869. The van der Waals surface area contributed by atoms with Gasteiger partial charge in [-0.05, 0) is 55.3 Å². The summed E-state index contributed by atoms with van der Waals surface area (Å²) in [5, 5.41) is 9.94. The SMILES string of the molecule is Cc1ccc(O)c(S(=O)(=O)N2CCN(C(=O)c3ccc(F)c(C)c3)CC2)c1. The summed E-state index contributed by atoms with van der Waals surface area (Å²) in [5.74, 6) is -0.921. The second-order valence-corrected chi connectivity index (χ2v) is 8.54. The van der Waals surface area contributed by atoms with Crippen LogP contribution in [0, 0.1) is 19.7 Å². The first kappa shape index (κ1) is 19.3. The van der Waals surface area contributed by atoms with Crippen LogP contribution in [0.5, 0.6) is 5.75 Å². The first-order valence-electron chi connectivity index (χ1n) is 8.55. The van der Waals surface area contributed by atoms with E-state index in [0.717, 1.165) is 5.56 Å². The van der Waals surface area contributed by atoms with Gasteiger partial charge in [0.1, 0.15) is 16.5 Å². The van der Waals surface area contributed by atoms with Gasteiger partial charge in [-0.1, -0.05) is 6.07 Å². The molecule has 0 radical (unpaired) electrons. The molecular weight excluding hydrogens is 371 g/mol. The lowest BCUT2D eigenvalue weighted by Gasteiger charge is -2.34. The Bertz CT molecular complexity index is 983. The summed E-state index contributed by atoms with van der Waals surface area (Å²) >= 11 is 0. The van der Waals surface area contributed by atoms with E-state index >= 15 is 0 Å². The lowest BCUT2D eigenvalue weighted by molar-refractivity contribution is 0.0697. The van der Waals surface area contributed by atoms with Crippen LogP contribution in [0.1, 0.15) is 21.5 Å². The Morgan fingerprint density at radius 3 is 2.33 bits per heavy atom. The van der Waals surface area contributed by atoms with Crippen LogP contribution in [0.4, 0.5) is 4.39 Å². The Kier molecular flexibility index (Phi) is 5.21. The summed E-state index contributed by atoms with van der Waals surface area (Å²) in [4.78, 5) is 14.0. The summed E-state index contributed by atoms with van der Waals surface area (Å²) in [5.41, 5.74) is 1.49. The number of amides is 1. The molecule has 8 heteroatoms. The number of hydrogen-bond acceptors (Lipinski definition) is 4. The molecule has 2 aromatic carbocycles. The molecule has 0 atom stereocenters. The fourth-order valence-electron chi connectivity index (χ4n) is 3.06. The molecule has 2 aromatic rings. The number of carbonyl (C=O) groups is 1. The molecule has 3 rings (SSSR count). The molecule has 27 heavy (non-hydrogen) atoms. The number of phenols is 1. The Morgan fingerprint density at radius 2 is 1.70 bits per heavy atom. The molecule has 1 fully saturated rings. The number of benzene rings is 2. The smallest absolute Gasteiger partial charge is 0.253 e. The monoisotopic (exact) mass is 392 g/mol. The normalized spacial score (nSPS) is 15.7.